The molecule has 1 atom stereocenters. The van der Waals surface area contributed by atoms with Gasteiger partial charge < -0.3 is 9.63 Å². The molecule has 1 aromatic rings. The van der Waals surface area contributed by atoms with Crippen molar-refractivity contribution in [1.29, 1.82) is 0 Å². The predicted octanol–water partition coefficient (Wildman–Crippen LogP) is 1.54. The largest absolute Gasteiger partial charge is 0.393 e. The molecular weight excluding hydrogens is 218 g/mol. The molecule has 1 aliphatic rings. The molecule has 1 N–H and O–H groups in total. The minimum atomic E-state index is -0.142. The lowest BCUT2D eigenvalue weighted by atomic mass is 10.1. The normalized spacial score (nSPS) is 20.6. The van der Waals surface area contributed by atoms with E-state index in [0.717, 1.165) is 44.6 Å². The van der Waals surface area contributed by atoms with Crippen LogP contribution in [0.1, 0.15) is 50.9 Å². The fraction of sp³-hybridized carbons (Fsp3) is 0.833. The molecule has 0 aromatic carbocycles. The van der Waals surface area contributed by atoms with Crippen molar-refractivity contribution in [2.75, 3.05) is 13.1 Å². The van der Waals surface area contributed by atoms with Crippen molar-refractivity contribution in [2.45, 2.75) is 51.7 Å². The average Bonchev–Trinajstić information content (AvgIpc) is 2.78. The van der Waals surface area contributed by atoms with Crippen molar-refractivity contribution < 1.29 is 9.63 Å². The molecule has 1 fully saturated rings. The first-order valence-electron chi connectivity index (χ1n) is 6.45. The second kappa shape index (κ2) is 5.60. The van der Waals surface area contributed by atoms with E-state index in [9.17, 15) is 5.11 Å². The molecule has 5 heteroatoms. The van der Waals surface area contributed by atoms with Gasteiger partial charge in [-0.3, -0.25) is 4.90 Å². The molecule has 2 rings (SSSR count). The summed E-state index contributed by atoms with van der Waals surface area (Å²) in [5, 5.41) is 13.4. The van der Waals surface area contributed by atoms with Gasteiger partial charge in [0.1, 0.15) is 0 Å². The highest BCUT2D eigenvalue weighted by molar-refractivity contribution is 4.93. The van der Waals surface area contributed by atoms with Gasteiger partial charge in [-0.2, -0.15) is 4.98 Å². The van der Waals surface area contributed by atoms with E-state index in [2.05, 4.69) is 28.9 Å². The molecule has 5 nitrogen and oxygen atoms in total. The fourth-order valence-electron chi connectivity index (χ4n) is 2.19. The number of aryl methyl sites for hydroxylation is 1. The Kier molecular flexibility index (Phi) is 4.12. The summed E-state index contributed by atoms with van der Waals surface area (Å²) in [7, 11) is 0. The molecule has 0 aliphatic carbocycles. The molecule has 0 spiro atoms. The third-order valence-electron chi connectivity index (χ3n) is 3.36. The Morgan fingerprint density at radius 2 is 2.18 bits per heavy atom. The molecule has 17 heavy (non-hydrogen) atoms. The van der Waals surface area contributed by atoms with Gasteiger partial charge >= 0.3 is 0 Å². The average molecular weight is 239 g/mol. The number of aromatic nitrogens is 2. The smallest absolute Gasteiger partial charge is 0.243 e. The number of rotatable bonds is 4. The minimum absolute atomic E-state index is 0.142. The van der Waals surface area contributed by atoms with Gasteiger partial charge in [-0.25, -0.2) is 0 Å². The monoisotopic (exact) mass is 239 g/mol. The first-order valence-corrected chi connectivity index (χ1v) is 6.45. The van der Waals surface area contributed by atoms with Gasteiger partial charge in [0, 0.05) is 19.5 Å². The van der Waals surface area contributed by atoms with Crippen molar-refractivity contribution in [1.82, 2.24) is 15.0 Å². The van der Waals surface area contributed by atoms with Crippen molar-refractivity contribution in [3.8, 4) is 0 Å². The number of piperidine rings is 1. The molecule has 1 unspecified atom stereocenters. The maximum atomic E-state index is 9.48. The summed E-state index contributed by atoms with van der Waals surface area (Å²) in [6, 6.07) is 0.153. The van der Waals surface area contributed by atoms with Gasteiger partial charge in [0.2, 0.25) is 5.89 Å². The van der Waals surface area contributed by atoms with Crippen LogP contribution >= 0.6 is 0 Å². The molecule has 1 aromatic heterocycles. The molecule has 1 aliphatic heterocycles. The fourth-order valence-corrected chi connectivity index (χ4v) is 2.19. The summed E-state index contributed by atoms with van der Waals surface area (Å²) in [6.45, 7) is 5.98. The lowest BCUT2D eigenvalue weighted by molar-refractivity contribution is 0.0564. The lowest BCUT2D eigenvalue weighted by Gasteiger charge is -2.32. The standard InChI is InChI=1S/C12H21N3O2/c1-3-4-11-13-12(17-14-11)9(2)15-7-5-10(16)6-8-15/h9-10,16H,3-8H2,1-2H3. The topological polar surface area (TPSA) is 62.4 Å². The molecular formula is C12H21N3O2. The van der Waals surface area contributed by atoms with Crippen LogP contribution in [0.4, 0.5) is 0 Å². The van der Waals surface area contributed by atoms with Gasteiger partial charge in [-0.15, -0.1) is 0 Å². The minimum Gasteiger partial charge on any atom is -0.393 e. The number of nitrogens with zero attached hydrogens (tertiary/aromatic N) is 3. The second-order valence-electron chi connectivity index (χ2n) is 4.74. The van der Waals surface area contributed by atoms with E-state index in [0.29, 0.717) is 5.89 Å². The zero-order chi connectivity index (χ0) is 12.3. The van der Waals surface area contributed by atoms with E-state index in [1.807, 2.05) is 0 Å². The SMILES string of the molecule is CCCc1noc(C(C)N2CCC(O)CC2)n1. The highest BCUT2D eigenvalue weighted by atomic mass is 16.5. The third kappa shape index (κ3) is 3.04. The number of aliphatic hydroxyl groups is 1. The molecule has 0 radical (unpaired) electrons. The molecule has 1 saturated heterocycles. The van der Waals surface area contributed by atoms with Crippen LogP contribution in [0.5, 0.6) is 0 Å². The van der Waals surface area contributed by atoms with E-state index >= 15 is 0 Å². The van der Waals surface area contributed by atoms with Crippen LogP contribution in [0.25, 0.3) is 0 Å². The summed E-state index contributed by atoms with van der Waals surface area (Å²) >= 11 is 0. The van der Waals surface area contributed by atoms with Gasteiger partial charge in [0.25, 0.3) is 0 Å². The number of hydrogen-bond donors (Lipinski definition) is 1. The van der Waals surface area contributed by atoms with E-state index in [1.165, 1.54) is 0 Å². The number of hydrogen-bond acceptors (Lipinski definition) is 5. The number of aliphatic hydroxyl groups excluding tert-OH is 1. The van der Waals surface area contributed by atoms with Gasteiger partial charge in [-0.1, -0.05) is 12.1 Å². The van der Waals surface area contributed by atoms with Gasteiger partial charge in [0.15, 0.2) is 5.82 Å². The van der Waals surface area contributed by atoms with Crippen LogP contribution in [-0.4, -0.2) is 39.3 Å². The Hall–Kier alpha value is -0.940. The Morgan fingerprint density at radius 1 is 1.47 bits per heavy atom. The lowest BCUT2D eigenvalue weighted by Crippen LogP contribution is -2.37. The summed E-state index contributed by atoms with van der Waals surface area (Å²) in [5.74, 6) is 1.50. The molecule has 96 valence electrons. The summed E-state index contributed by atoms with van der Waals surface area (Å²) < 4.78 is 5.29. The molecule has 0 amide bonds. The van der Waals surface area contributed by atoms with Crippen LogP contribution in [0, 0.1) is 0 Å². The van der Waals surface area contributed by atoms with E-state index in [4.69, 9.17) is 4.52 Å². The van der Waals surface area contributed by atoms with Crippen molar-refractivity contribution in [2.24, 2.45) is 0 Å². The Balaban J connectivity index is 1.96. The Morgan fingerprint density at radius 3 is 2.82 bits per heavy atom. The highest BCUT2D eigenvalue weighted by Crippen LogP contribution is 2.23. The van der Waals surface area contributed by atoms with Crippen LogP contribution in [0.3, 0.4) is 0 Å². The first kappa shape index (κ1) is 12.5. The summed E-state index contributed by atoms with van der Waals surface area (Å²) in [4.78, 5) is 6.70. The maximum Gasteiger partial charge on any atom is 0.243 e. The third-order valence-corrected chi connectivity index (χ3v) is 3.36. The van der Waals surface area contributed by atoms with Crippen molar-refractivity contribution in [3.05, 3.63) is 11.7 Å². The zero-order valence-electron chi connectivity index (χ0n) is 10.6. The van der Waals surface area contributed by atoms with Crippen LogP contribution < -0.4 is 0 Å². The van der Waals surface area contributed by atoms with E-state index in [1.54, 1.807) is 0 Å². The van der Waals surface area contributed by atoms with E-state index < -0.39 is 0 Å². The van der Waals surface area contributed by atoms with E-state index in [-0.39, 0.29) is 12.1 Å². The predicted molar refractivity (Wildman–Crippen MR) is 63.5 cm³/mol. The van der Waals surface area contributed by atoms with Crippen molar-refractivity contribution in [3.63, 3.8) is 0 Å². The number of likely N-dealkylation sites (tertiary alicyclic amines) is 1. The second-order valence-corrected chi connectivity index (χ2v) is 4.74. The molecule has 0 bridgehead atoms. The quantitative estimate of drug-likeness (QED) is 0.863. The first-order chi connectivity index (χ1) is 8.20. The summed E-state index contributed by atoms with van der Waals surface area (Å²) in [6.07, 6.45) is 3.43. The summed E-state index contributed by atoms with van der Waals surface area (Å²) in [5.41, 5.74) is 0. The zero-order valence-corrected chi connectivity index (χ0v) is 10.6. The molecule has 2 heterocycles. The van der Waals surface area contributed by atoms with Crippen LogP contribution in [0.15, 0.2) is 4.52 Å². The van der Waals surface area contributed by atoms with Crippen molar-refractivity contribution >= 4 is 0 Å². The van der Waals surface area contributed by atoms with Crippen LogP contribution in [-0.2, 0) is 6.42 Å². The van der Waals surface area contributed by atoms with Crippen LogP contribution in [0.2, 0.25) is 0 Å². The van der Waals surface area contributed by atoms with Gasteiger partial charge in [-0.05, 0) is 26.2 Å². The Bertz CT molecular complexity index is 345. The van der Waals surface area contributed by atoms with Gasteiger partial charge in [0.05, 0.1) is 12.1 Å². The Labute approximate surface area is 102 Å². The molecule has 0 saturated carbocycles. The highest BCUT2D eigenvalue weighted by Gasteiger charge is 2.25. The maximum absolute atomic E-state index is 9.48.